The number of nitrogens with one attached hydrogen (secondary N) is 2. The van der Waals surface area contributed by atoms with Crippen molar-refractivity contribution >= 4 is 17.3 Å². The number of nitrogens with zero attached hydrogens (tertiary/aromatic N) is 3. The fourth-order valence-corrected chi connectivity index (χ4v) is 1.51. The molecule has 1 aliphatic heterocycles. The molecule has 0 atom stereocenters. The van der Waals surface area contributed by atoms with Crippen LogP contribution in [0.2, 0.25) is 0 Å². The average molecular weight is 203 g/mol. The summed E-state index contributed by atoms with van der Waals surface area (Å²) in [7, 11) is 0. The van der Waals surface area contributed by atoms with Crippen LogP contribution in [0.3, 0.4) is 0 Å². The van der Waals surface area contributed by atoms with E-state index in [1.54, 1.807) is 18.2 Å². The van der Waals surface area contributed by atoms with Crippen LogP contribution in [-0.4, -0.2) is 19.0 Å². The van der Waals surface area contributed by atoms with Gasteiger partial charge >= 0.3 is 0 Å². The van der Waals surface area contributed by atoms with Crippen LogP contribution in [0.1, 0.15) is 10.4 Å². The van der Waals surface area contributed by atoms with Crippen LogP contribution in [0, 0.1) is 0 Å². The van der Waals surface area contributed by atoms with Crippen LogP contribution in [0.4, 0.5) is 11.4 Å². The van der Waals surface area contributed by atoms with Crippen LogP contribution in [0.15, 0.2) is 23.3 Å². The number of carbonyl (C=O) groups is 1. The minimum atomic E-state index is -0.148. The van der Waals surface area contributed by atoms with E-state index in [1.165, 1.54) is 0 Å². The van der Waals surface area contributed by atoms with E-state index in [0.717, 1.165) is 0 Å². The predicted molar refractivity (Wildman–Crippen MR) is 56.1 cm³/mol. The molecule has 1 aromatic carbocycles. The second-order valence-electron chi connectivity index (χ2n) is 3.07. The van der Waals surface area contributed by atoms with Crippen LogP contribution in [0.5, 0.6) is 0 Å². The molecule has 0 bridgehead atoms. The SMILES string of the molecule is [N-]=[N+]=Nc1cccc2c1NCCNC2=O. The smallest absolute Gasteiger partial charge is 0.253 e. The number of hydrogen-bond donors (Lipinski definition) is 2. The largest absolute Gasteiger partial charge is 0.382 e. The summed E-state index contributed by atoms with van der Waals surface area (Å²) in [4.78, 5) is 14.3. The van der Waals surface area contributed by atoms with Gasteiger partial charge in [-0.25, -0.2) is 0 Å². The molecule has 1 amide bonds. The van der Waals surface area contributed by atoms with E-state index in [2.05, 4.69) is 20.7 Å². The monoisotopic (exact) mass is 203 g/mol. The van der Waals surface area contributed by atoms with Gasteiger partial charge in [-0.1, -0.05) is 17.2 Å². The van der Waals surface area contributed by atoms with Crippen molar-refractivity contribution in [3.8, 4) is 0 Å². The fraction of sp³-hybridized carbons (Fsp3) is 0.222. The molecule has 1 heterocycles. The second-order valence-corrected chi connectivity index (χ2v) is 3.07. The Bertz CT molecular complexity index is 450. The molecule has 0 spiro atoms. The van der Waals surface area contributed by atoms with Gasteiger partial charge < -0.3 is 10.6 Å². The van der Waals surface area contributed by atoms with Crippen LogP contribution >= 0.6 is 0 Å². The maximum Gasteiger partial charge on any atom is 0.253 e. The van der Waals surface area contributed by atoms with Crippen molar-refractivity contribution in [2.45, 2.75) is 0 Å². The maximum absolute atomic E-state index is 11.6. The summed E-state index contributed by atoms with van der Waals surface area (Å²) in [6.07, 6.45) is 0. The first-order valence-corrected chi connectivity index (χ1v) is 4.53. The van der Waals surface area contributed by atoms with Gasteiger partial charge in [0.25, 0.3) is 5.91 Å². The molecule has 76 valence electrons. The van der Waals surface area contributed by atoms with Crippen molar-refractivity contribution in [3.05, 3.63) is 34.2 Å². The number of rotatable bonds is 1. The lowest BCUT2D eigenvalue weighted by molar-refractivity contribution is 0.0958. The summed E-state index contributed by atoms with van der Waals surface area (Å²) >= 11 is 0. The summed E-state index contributed by atoms with van der Waals surface area (Å²) < 4.78 is 0. The van der Waals surface area contributed by atoms with E-state index in [1.807, 2.05) is 0 Å². The Morgan fingerprint density at radius 1 is 1.33 bits per heavy atom. The van der Waals surface area contributed by atoms with E-state index >= 15 is 0 Å². The number of benzene rings is 1. The zero-order valence-corrected chi connectivity index (χ0v) is 7.90. The van der Waals surface area contributed by atoms with E-state index in [0.29, 0.717) is 30.0 Å². The fourth-order valence-electron chi connectivity index (χ4n) is 1.51. The predicted octanol–water partition coefficient (Wildman–Crippen LogP) is 1.78. The van der Waals surface area contributed by atoms with Crippen LogP contribution in [0.25, 0.3) is 10.4 Å². The Morgan fingerprint density at radius 3 is 2.93 bits per heavy atom. The van der Waals surface area contributed by atoms with Gasteiger partial charge in [-0.2, -0.15) is 0 Å². The number of para-hydroxylation sites is 1. The average Bonchev–Trinajstić information content (AvgIpc) is 2.43. The zero-order valence-electron chi connectivity index (χ0n) is 7.90. The van der Waals surface area contributed by atoms with Crippen LogP contribution < -0.4 is 10.6 Å². The molecule has 1 aromatic rings. The van der Waals surface area contributed by atoms with E-state index in [-0.39, 0.29) is 5.91 Å². The third kappa shape index (κ3) is 1.70. The molecule has 0 fully saturated rings. The van der Waals surface area contributed by atoms with E-state index in [4.69, 9.17) is 5.53 Å². The van der Waals surface area contributed by atoms with Gasteiger partial charge in [0, 0.05) is 18.0 Å². The quantitative estimate of drug-likeness (QED) is 0.414. The highest BCUT2D eigenvalue weighted by atomic mass is 16.1. The molecule has 15 heavy (non-hydrogen) atoms. The highest BCUT2D eigenvalue weighted by Gasteiger charge is 2.16. The lowest BCUT2D eigenvalue weighted by Gasteiger charge is -2.07. The number of amides is 1. The number of hydrogen-bond acceptors (Lipinski definition) is 3. The van der Waals surface area contributed by atoms with Crippen molar-refractivity contribution in [3.63, 3.8) is 0 Å². The highest BCUT2D eigenvalue weighted by molar-refractivity contribution is 6.02. The Balaban J connectivity index is 2.57. The molecule has 6 heteroatoms. The van der Waals surface area contributed by atoms with E-state index < -0.39 is 0 Å². The third-order valence-corrected chi connectivity index (χ3v) is 2.15. The molecule has 0 saturated carbocycles. The lowest BCUT2D eigenvalue weighted by Crippen LogP contribution is -2.24. The van der Waals surface area contributed by atoms with Crippen molar-refractivity contribution in [1.29, 1.82) is 0 Å². The van der Waals surface area contributed by atoms with Gasteiger partial charge in [0.15, 0.2) is 0 Å². The first-order chi connectivity index (χ1) is 7.33. The first kappa shape index (κ1) is 9.36. The zero-order chi connectivity index (χ0) is 10.7. The van der Waals surface area contributed by atoms with E-state index in [9.17, 15) is 4.79 Å². The Hall–Kier alpha value is -2.20. The highest BCUT2D eigenvalue weighted by Crippen LogP contribution is 2.29. The number of anilines is 1. The molecule has 0 saturated heterocycles. The van der Waals surface area contributed by atoms with Gasteiger partial charge in [-0.15, -0.1) is 0 Å². The van der Waals surface area contributed by atoms with Gasteiger partial charge in [0.05, 0.1) is 16.9 Å². The second kappa shape index (κ2) is 3.89. The molecule has 1 aliphatic rings. The summed E-state index contributed by atoms with van der Waals surface area (Å²) in [5.74, 6) is -0.148. The summed E-state index contributed by atoms with van der Waals surface area (Å²) in [5, 5.41) is 9.33. The Morgan fingerprint density at radius 2 is 2.13 bits per heavy atom. The van der Waals surface area contributed by atoms with Crippen molar-refractivity contribution in [2.24, 2.45) is 5.11 Å². The minimum absolute atomic E-state index is 0.148. The number of azide groups is 1. The first-order valence-electron chi connectivity index (χ1n) is 4.53. The van der Waals surface area contributed by atoms with Crippen molar-refractivity contribution in [1.82, 2.24) is 5.32 Å². The normalized spacial score (nSPS) is 14.0. The molecule has 2 rings (SSSR count). The van der Waals surface area contributed by atoms with Crippen molar-refractivity contribution < 1.29 is 4.79 Å². The molecular weight excluding hydrogens is 194 g/mol. The summed E-state index contributed by atoms with van der Waals surface area (Å²) in [5.41, 5.74) is 9.95. The summed E-state index contributed by atoms with van der Waals surface area (Å²) in [6, 6.07) is 5.05. The molecule has 6 nitrogen and oxygen atoms in total. The molecule has 0 aromatic heterocycles. The van der Waals surface area contributed by atoms with Gasteiger partial charge in [0.1, 0.15) is 0 Å². The molecular formula is C9H9N5O. The Labute approximate surface area is 85.9 Å². The lowest BCUT2D eigenvalue weighted by atomic mass is 10.1. The third-order valence-electron chi connectivity index (χ3n) is 2.15. The number of fused-ring (bicyclic) bond motifs is 1. The minimum Gasteiger partial charge on any atom is -0.382 e. The Kier molecular flexibility index (Phi) is 2.43. The topological polar surface area (TPSA) is 89.9 Å². The molecule has 0 radical (unpaired) electrons. The number of carbonyl (C=O) groups excluding carboxylic acids is 1. The van der Waals surface area contributed by atoms with Gasteiger partial charge in [-0.3, -0.25) is 4.79 Å². The van der Waals surface area contributed by atoms with Crippen molar-refractivity contribution in [2.75, 3.05) is 18.4 Å². The summed E-state index contributed by atoms with van der Waals surface area (Å²) in [6.45, 7) is 1.18. The van der Waals surface area contributed by atoms with Gasteiger partial charge in [0.2, 0.25) is 0 Å². The standard InChI is InChI=1S/C9H9N5O/c10-14-13-7-3-1-2-6-8(7)11-4-5-12-9(6)15/h1-3,11H,4-5H2,(H,12,15). The molecule has 0 aliphatic carbocycles. The maximum atomic E-state index is 11.6. The van der Waals surface area contributed by atoms with Crippen LogP contribution in [-0.2, 0) is 0 Å². The van der Waals surface area contributed by atoms with Gasteiger partial charge in [-0.05, 0) is 11.6 Å². The molecule has 0 unspecified atom stereocenters. The molecule has 2 N–H and O–H groups in total.